The number of nitrogens with zero attached hydrogens (tertiary/aromatic N) is 3. The maximum Gasteiger partial charge on any atom is 0.284 e. The van der Waals surface area contributed by atoms with Gasteiger partial charge in [0.1, 0.15) is 5.76 Å². The summed E-state index contributed by atoms with van der Waals surface area (Å²) in [5.74, 6) is 0.556. The first-order valence-electron chi connectivity index (χ1n) is 8.57. The maximum absolute atomic E-state index is 11.5. The van der Waals surface area contributed by atoms with Crippen molar-refractivity contribution in [3.8, 4) is 0 Å². The molecule has 1 aliphatic heterocycles. The van der Waals surface area contributed by atoms with Crippen LogP contribution in [0.25, 0.3) is 5.57 Å². The van der Waals surface area contributed by atoms with Gasteiger partial charge in [0.05, 0.1) is 6.20 Å². The molecular weight excluding hydrogens is 316 g/mol. The number of amides is 1. The van der Waals surface area contributed by atoms with E-state index in [1.165, 1.54) is 11.1 Å². The average Bonchev–Trinajstić information content (AvgIpc) is 3.14. The third kappa shape index (κ3) is 3.85. The summed E-state index contributed by atoms with van der Waals surface area (Å²) in [7, 11) is 1.93. The van der Waals surface area contributed by atoms with Crippen LogP contribution in [0.15, 0.2) is 29.0 Å². The number of hydrogen-bond donors (Lipinski definition) is 1. The highest BCUT2D eigenvalue weighted by Gasteiger charge is 2.26. The van der Waals surface area contributed by atoms with Crippen molar-refractivity contribution in [3.05, 3.63) is 47.2 Å². The maximum atomic E-state index is 11.5. The van der Waals surface area contributed by atoms with Crippen LogP contribution in [0.4, 0.5) is 0 Å². The summed E-state index contributed by atoms with van der Waals surface area (Å²) in [6.07, 6.45) is 7.20. The van der Waals surface area contributed by atoms with Gasteiger partial charge in [-0.3, -0.25) is 14.4 Å². The zero-order valence-electron chi connectivity index (χ0n) is 15.4. The minimum Gasteiger partial charge on any atom is -0.455 e. The van der Waals surface area contributed by atoms with Gasteiger partial charge in [0.15, 0.2) is 5.76 Å². The molecule has 3 rings (SSSR count). The Bertz CT molecular complexity index is 808. The van der Waals surface area contributed by atoms with E-state index in [9.17, 15) is 4.79 Å². The molecule has 1 aliphatic rings. The lowest BCUT2D eigenvalue weighted by Crippen LogP contribution is -2.29. The summed E-state index contributed by atoms with van der Waals surface area (Å²) in [5.41, 5.74) is 8.79. The molecule has 0 aliphatic carbocycles. The standard InChI is InChI=1S/C19H26N4O2/c1-19(2,3)17-14(9-16(25-17)18(20)24)12-23-7-5-13(6-8-23)15-10-21-22(4)11-15/h5,9-11H,6-8,12H2,1-4H3,(H2,20,24). The Balaban J connectivity index is 1.75. The van der Waals surface area contributed by atoms with Gasteiger partial charge in [0.25, 0.3) is 5.91 Å². The van der Waals surface area contributed by atoms with E-state index in [0.29, 0.717) is 0 Å². The van der Waals surface area contributed by atoms with E-state index in [-0.39, 0.29) is 11.2 Å². The number of primary amides is 1. The van der Waals surface area contributed by atoms with E-state index in [0.717, 1.165) is 37.4 Å². The minimum atomic E-state index is -0.519. The van der Waals surface area contributed by atoms with Gasteiger partial charge < -0.3 is 10.2 Å². The molecular formula is C19H26N4O2. The lowest BCUT2D eigenvalue weighted by Gasteiger charge is -2.27. The molecule has 3 heterocycles. The van der Waals surface area contributed by atoms with Crippen LogP contribution in [0.3, 0.4) is 0 Å². The summed E-state index contributed by atoms with van der Waals surface area (Å²) in [5, 5.41) is 4.24. The second-order valence-electron chi connectivity index (χ2n) is 7.70. The second kappa shape index (κ2) is 6.52. The number of aryl methyl sites for hydroxylation is 1. The SMILES string of the molecule is Cn1cc(C2=CCN(Cc3cc(C(N)=O)oc3C(C)(C)C)CC2)cn1. The molecule has 0 fully saturated rings. The quantitative estimate of drug-likeness (QED) is 0.927. The molecule has 2 N–H and O–H groups in total. The molecule has 1 amide bonds. The zero-order valence-corrected chi connectivity index (χ0v) is 15.4. The predicted octanol–water partition coefficient (Wildman–Crippen LogP) is 2.70. The van der Waals surface area contributed by atoms with E-state index in [2.05, 4.69) is 43.0 Å². The highest BCUT2D eigenvalue weighted by molar-refractivity contribution is 5.90. The zero-order chi connectivity index (χ0) is 18.2. The number of furan rings is 1. The van der Waals surface area contributed by atoms with Gasteiger partial charge in [-0.15, -0.1) is 0 Å². The van der Waals surface area contributed by atoms with E-state index < -0.39 is 5.91 Å². The average molecular weight is 342 g/mol. The summed E-state index contributed by atoms with van der Waals surface area (Å²) < 4.78 is 7.58. The Labute approximate surface area is 148 Å². The molecule has 0 saturated heterocycles. The molecule has 0 bridgehead atoms. The molecule has 2 aromatic rings. The summed E-state index contributed by atoms with van der Waals surface area (Å²) in [6.45, 7) is 8.82. The highest BCUT2D eigenvalue weighted by atomic mass is 16.4. The number of carbonyl (C=O) groups is 1. The first kappa shape index (κ1) is 17.5. The number of hydrogen-bond acceptors (Lipinski definition) is 4. The third-order valence-electron chi connectivity index (χ3n) is 4.50. The van der Waals surface area contributed by atoms with Gasteiger partial charge in [-0.1, -0.05) is 26.8 Å². The Morgan fingerprint density at radius 3 is 2.68 bits per heavy atom. The van der Waals surface area contributed by atoms with Gasteiger partial charge >= 0.3 is 0 Å². The first-order chi connectivity index (χ1) is 11.7. The molecule has 0 unspecified atom stereocenters. The Morgan fingerprint density at radius 1 is 1.40 bits per heavy atom. The van der Waals surface area contributed by atoms with Crippen molar-refractivity contribution >= 4 is 11.5 Å². The monoisotopic (exact) mass is 342 g/mol. The third-order valence-corrected chi connectivity index (χ3v) is 4.50. The molecule has 0 saturated carbocycles. The molecule has 0 radical (unpaired) electrons. The minimum absolute atomic E-state index is 0.171. The first-order valence-corrected chi connectivity index (χ1v) is 8.57. The van der Waals surface area contributed by atoms with Crippen molar-refractivity contribution in [2.24, 2.45) is 12.8 Å². The van der Waals surface area contributed by atoms with Crippen LogP contribution in [0.1, 0.15) is 54.6 Å². The number of carbonyl (C=O) groups excluding carboxylic acids is 1. The van der Waals surface area contributed by atoms with Crippen molar-refractivity contribution in [1.29, 1.82) is 0 Å². The van der Waals surface area contributed by atoms with Crippen LogP contribution in [-0.4, -0.2) is 33.7 Å². The predicted molar refractivity (Wildman–Crippen MR) is 97.0 cm³/mol. The molecule has 25 heavy (non-hydrogen) atoms. The van der Waals surface area contributed by atoms with E-state index in [1.807, 2.05) is 17.9 Å². The van der Waals surface area contributed by atoms with Crippen molar-refractivity contribution < 1.29 is 9.21 Å². The fourth-order valence-corrected chi connectivity index (χ4v) is 3.25. The lowest BCUT2D eigenvalue weighted by atomic mass is 9.90. The largest absolute Gasteiger partial charge is 0.455 e. The summed E-state index contributed by atoms with van der Waals surface area (Å²) in [4.78, 5) is 13.8. The number of aromatic nitrogens is 2. The van der Waals surface area contributed by atoms with Crippen molar-refractivity contribution in [1.82, 2.24) is 14.7 Å². The number of rotatable bonds is 4. The normalized spacial score (nSPS) is 16.1. The smallest absolute Gasteiger partial charge is 0.284 e. The van der Waals surface area contributed by atoms with Gasteiger partial charge in [-0.05, 0) is 18.1 Å². The van der Waals surface area contributed by atoms with Gasteiger partial charge in [-0.2, -0.15) is 5.10 Å². The molecule has 134 valence electrons. The van der Waals surface area contributed by atoms with Crippen LogP contribution in [0.5, 0.6) is 0 Å². The van der Waals surface area contributed by atoms with Gasteiger partial charge in [-0.25, -0.2) is 0 Å². The Hall–Kier alpha value is -2.34. The molecule has 2 aromatic heterocycles. The van der Waals surface area contributed by atoms with Crippen LogP contribution < -0.4 is 5.73 Å². The topological polar surface area (TPSA) is 77.3 Å². The van der Waals surface area contributed by atoms with E-state index in [1.54, 1.807) is 6.07 Å². The molecule has 0 aromatic carbocycles. The van der Waals surface area contributed by atoms with Crippen LogP contribution in [0.2, 0.25) is 0 Å². The Morgan fingerprint density at radius 2 is 2.16 bits per heavy atom. The number of nitrogens with two attached hydrogens (primary N) is 1. The summed E-state index contributed by atoms with van der Waals surface area (Å²) in [6, 6.07) is 1.79. The van der Waals surface area contributed by atoms with Gasteiger partial charge in [0, 0.05) is 49.4 Å². The van der Waals surface area contributed by atoms with Crippen molar-refractivity contribution in [2.75, 3.05) is 13.1 Å². The van der Waals surface area contributed by atoms with Crippen LogP contribution in [-0.2, 0) is 19.0 Å². The van der Waals surface area contributed by atoms with Gasteiger partial charge in [0.2, 0.25) is 0 Å². The molecule has 6 heteroatoms. The fraction of sp³-hybridized carbons (Fsp3) is 0.474. The van der Waals surface area contributed by atoms with Crippen molar-refractivity contribution in [2.45, 2.75) is 39.2 Å². The molecule has 0 spiro atoms. The second-order valence-corrected chi connectivity index (χ2v) is 7.70. The lowest BCUT2D eigenvalue weighted by molar-refractivity contribution is 0.0970. The van der Waals surface area contributed by atoms with E-state index >= 15 is 0 Å². The van der Waals surface area contributed by atoms with Crippen LogP contribution >= 0.6 is 0 Å². The molecule has 0 atom stereocenters. The highest BCUT2D eigenvalue weighted by Crippen LogP contribution is 2.31. The Kier molecular flexibility index (Phi) is 4.56. The van der Waals surface area contributed by atoms with Crippen LogP contribution in [0, 0.1) is 0 Å². The fourth-order valence-electron chi connectivity index (χ4n) is 3.25. The molecule has 6 nitrogen and oxygen atoms in total. The summed E-state index contributed by atoms with van der Waals surface area (Å²) >= 11 is 0. The van der Waals surface area contributed by atoms with E-state index in [4.69, 9.17) is 10.2 Å². The van der Waals surface area contributed by atoms with Crippen molar-refractivity contribution in [3.63, 3.8) is 0 Å².